The average Bonchev–Trinajstić information content (AvgIpc) is 3.03. The van der Waals surface area contributed by atoms with E-state index in [0.717, 1.165) is 23.0 Å². The van der Waals surface area contributed by atoms with Gasteiger partial charge < -0.3 is 5.32 Å². The molecule has 134 valence electrons. The molecule has 1 amide bonds. The minimum Gasteiger partial charge on any atom is -0.320 e. The number of nitrogens with one attached hydrogen (secondary N) is 1. The number of hydrogen-bond donors (Lipinski definition) is 1. The van der Waals surface area contributed by atoms with Gasteiger partial charge in [0.2, 0.25) is 0 Å². The number of carbonyl (C=O) groups is 1. The molecule has 7 heteroatoms. The zero-order valence-electron chi connectivity index (χ0n) is 14.3. The Kier molecular flexibility index (Phi) is 4.12. The van der Waals surface area contributed by atoms with E-state index in [4.69, 9.17) is 0 Å². The van der Waals surface area contributed by atoms with E-state index in [1.807, 2.05) is 24.3 Å². The lowest BCUT2D eigenvalue weighted by atomic mass is 10.1. The Balaban J connectivity index is 1.69. The maximum absolute atomic E-state index is 14.2. The van der Waals surface area contributed by atoms with E-state index in [1.54, 1.807) is 19.3 Å². The van der Waals surface area contributed by atoms with Crippen molar-refractivity contribution in [3.63, 3.8) is 0 Å². The van der Waals surface area contributed by atoms with Gasteiger partial charge >= 0.3 is 0 Å². The highest BCUT2D eigenvalue weighted by Gasteiger charge is 2.20. The standard InChI is InChI=1S/C20H14F2N4O/c1-26-11-16(19(25-26)15-7-6-13(21)9-17(15)22)20(27)24-14-8-12-4-2-3-5-18(12)23-10-14/h2-11H,1H3,(H,24,27). The highest BCUT2D eigenvalue weighted by atomic mass is 19.1. The first-order chi connectivity index (χ1) is 13.0. The van der Waals surface area contributed by atoms with Crippen molar-refractivity contribution < 1.29 is 13.6 Å². The van der Waals surface area contributed by atoms with Crippen molar-refractivity contribution in [2.75, 3.05) is 5.32 Å². The first-order valence-corrected chi connectivity index (χ1v) is 8.16. The van der Waals surface area contributed by atoms with Crippen LogP contribution < -0.4 is 5.32 Å². The Morgan fingerprint density at radius 1 is 1.11 bits per heavy atom. The number of anilines is 1. The number of pyridine rings is 1. The molecule has 27 heavy (non-hydrogen) atoms. The smallest absolute Gasteiger partial charge is 0.259 e. The first kappa shape index (κ1) is 16.8. The van der Waals surface area contributed by atoms with Crippen molar-refractivity contribution in [1.29, 1.82) is 0 Å². The molecule has 4 aromatic rings. The van der Waals surface area contributed by atoms with Gasteiger partial charge in [-0.15, -0.1) is 0 Å². The zero-order chi connectivity index (χ0) is 19.0. The van der Waals surface area contributed by atoms with Crippen molar-refractivity contribution in [1.82, 2.24) is 14.8 Å². The van der Waals surface area contributed by atoms with Crippen molar-refractivity contribution >= 4 is 22.5 Å². The van der Waals surface area contributed by atoms with Crippen LogP contribution in [0.25, 0.3) is 22.2 Å². The van der Waals surface area contributed by atoms with E-state index in [9.17, 15) is 13.6 Å². The number of carbonyl (C=O) groups excluding carboxylic acids is 1. The molecule has 0 saturated heterocycles. The second-order valence-corrected chi connectivity index (χ2v) is 6.06. The van der Waals surface area contributed by atoms with Gasteiger partial charge in [0, 0.05) is 30.3 Å². The number of amides is 1. The quantitative estimate of drug-likeness (QED) is 0.594. The second kappa shape index (κ2) is 6.60. The molecule has 0 bridgehead atoms. The molecule has 0 radical (unpaired) electrons. The van der Waals surface area contributed by atoms with E-state index in [1.165, 1.54) is 16.9 Å². The highest BCUT2D eigenvalue weighted by Crippen LogP contribution is 2.26. The second-order valence-electron chi connectivity index (χ2n) is 6.06. The normalized spacial score (nSPS) is 10.9. The lowest BCUT2D eigenvalue weighted by Crippen LogP contribution is -2.12. The number of nitrogens with zero attached hydrogens (tertiary/aromatic N) is 3. The van der Waals surface area contributed by atoms with E-state index in [2.05, 4.69) is 15.4 Å². The van der Waals surface area contributed by atoms with Gasteiger partial charge in [0.05, 0.1) is 23.0 Å². The lowest BCUT2D eigenvalue weighted by Gasteiger charge is -2.07. The monoisotopic (exact) mass is 364 g/mol. The van der Waals surface area contributed by atoms with E-state index in [-0.39, 0.29) is 16.8 Å². The molecule has 0 fully saturated rings. The summed E-state index contributed by atoms with van der Waals surface area (Å²) in [5, 5.41) is 7.80. The Labute approximate surface area is 153 Å². The summed E-state index contributed by atoms with van der Waals surface area (Å²) in [5.41, 5.74) is 1.69. The molecule has 2 heterocycles. The third-order valence-corrected chi connectivity index (χ3v) is 4.11. The van der Waals surface area contributed by atoms with Gasteiger partial charge in [-0.3, -0.25) is 14.5 Å². The number of halogens is 2. The van der Waals surface area contributed by atoms with Crippen LogP contribution in [0.5, 0.6) is 0 Å². The number of aromatic nitrogens is 3. The predicted octanol–water partition coefficient (Wildman–Crippen LogP) is 4.17. The third kappa shape index (κ3) is 3.27. The molecule has 0 aliphatic heterocycles. The molecule has 0 saturated carbocycles. The Morgan fingerprint density at radius 2 is 1.93 bits per heavy atom. The predicted molar refractivity (Wildman–Crippen MR) is 98.3 cm³/mol. The number of rotatable bonds is 3. The minimum absolute atomic E-state index is 0.0544. The fraction of sp³-hybridized carbons (Fsp3) is 0.0500. The summed E-state index contributed by atoms with van der Waals surface area (Å²) in [6, 6.07) is 12.5. The Hall–Kier alpha value is -3.61. The van der Waals surface area contributed by atoms with Crippen LogP contribution in [0.2, 0.25) is 0 Å². The maximum atomic E-state index is 14.2. The van der Waals surface area contributed by atoms with E-state index in [0.29, 0.717) is 5.69 Å². The summed E-state index contributed by atoms with van der Waals surface area (Å²) in [7, 11) is 1.62. The summed E-state index contributed by atoms with van der Waals surface area (Å²) < 4.78 is 28.8. The molecule has 0 aliphatic carbocycles. The molecule has 0 spiro atoms. The van der Waals surface area contributed by atoms with Gasteiger partial charge in [0.1, 0.15) is 17.3 Å². The van der Waals surface area contributed by atoms with Crippen LogP contribution in [0.1, 0.15) is 10.4 Å². The van der Waals surface area contributed by atoms with Gasteiger partial charge in [-0.25, -0.2) is 8.78 Å². The topological polar surface area (TPSA) is 59.8 Å². The number of hydrogen-bond acceptors (Lipinski definition) is 3. The first-order valence-electron chi connectivity index (χ1n) is 8.16. The number of aryl methyl sites for hydroxylation is 1. The molecule has 0 aliphatic rings. The summed E-state index contributed by atoms with van der Waals surface area (Å²) in [4.78, 5) is 17.0. The molecule has 2 aromatic carbocycles. The molecule has 0 unspecified atom stereocenters. The summed E-state index contributed by atoms with van der Waals surface area (Å²) in [6.07, 6.45) is 3.04. The SMILES string of the molecule is Cn1cc(C(=O)Nc2cnc3ccccc3c2)c(-c2ccc(F)cc2F)n1. The van der Waals surface area contributed by atoms with Crippen LogP contribution in [0, 0.1) is 11.6 Å². The van der Waals surface area contributed by atoms with Crippen molar-refractivity contribution in [2.45, 2.75) is 0 Å². The third-order valence-electron chi connectivity index (χ3n) is 4.11. The van der Waals surface area contributed by atoms with Crippen LogP contribution in [0.3, 0.4) is 0 Å². The van der Waals surface area contributed by atoms with E-state index < -0.39 is 17.5 Å². The largest absolute Gasteiger partial charge is 0.320 e. The Morgan fingerprint density at radius 3 is 2.74 bits per heavy atom. The summed E-state index contributed by atoms with van der Waals surface area (Å²) in [6.45, 7) is 0. The molecule has 0 atom stereocenters. The molecular weight excluding hydrogens is 350 g/mol. The fourth-order valence-electron chi connectivity index (χ4n) is 2.87. The highest BCUT2D eigenvalue weighted by molar-refractivity contribution is 6.08. The zero-order valence-corrected chi connectivity index (χ0v) is 14.3. The van der Waals surface area contributed by atoms with Crippen molar-refractivity contribution in [3.8, 4) is 11.3 Å². The number of fused-ring (bicyclic) bond motifs is 1. The van der Waals surface area contributed by atoms with Gasteiger partial charge in [0.25, 0.3) is 5.91 Å². The van der Waals surface area contributed by atoms with Gasteiger partial charge in [-0.2, -0.15) is 5.10 Å². The van der Waals surface area contributed by atoms with Gasteiger partial charge in [-0.05, 0) is 24.3 Å². The van der Waals surface area contributed by atoms with Crippen LogP contribution in [0.4, 0.5) is 14.5 Å². The molecular formula is C20H14F2N4O. The molecule has 1 N–H and O–H groups in total. The van der Waals surface area contributed by atoms with Crippen LogP contribution >= 0.6 is 0 Å². The van der Waals surface area contributed by atoms with Crippen LogP contribution in [-0.2, 0) is 7.05 Å². The van der Waals surface area contributed by atoms with Crippen molar-refractivity contribution in [3.05, 3.63) is 78.1 Å². The summed E-state index contributed by atoms with van der Waals surface area (Å²) >= 11 is 0. The summed E-state index contributed by atoms with van der Waals surface area (Å²) in [5.74, 6) is -1.94. The van der Waals surface area contributed by atoms with E-state index >= 15 is 0 Å². The lowest BCUT2D eigenvalue weighted by molar-refractivity contribution is 0.102. The van der Waals surface area contributed by atoms with Crippen molar-refractivity contribution in [2.24, 2.45) is 7.05 Å². The number of para-hydroxylation sites is 1. The molecule has 2 aromatic heterocycles. The molecule has 5 nitrogen and oxygen atoms in total. The van der Waals surface area contributed by atoms with Crippen LogP contribution in [-0.4, -0.2) is 20.7 Å². The Bertz CT molecular complexity index is 1170. The van der Waals surface area contributed by atoms with Gasteiger partial charge in [0.15, 0.2) is 0 Å². The number of benzene rings is 2. The van der Waals surface area contributed by atoms with Gasteiger partial charge in [-0.1, -0.05) is 18.2 Å². The van der Waals surface area contributed by atoms with Crippen LogP contribution in [0.15, 0.2) is 60.9 Å². The minimum atomic E-state index is -0.782. The molecule has 4 rings (SSSR count). The fourth-order valence-corrected chi connectivity index (χ4v) is 2.87. The maximum Gasteiger partial charge on any atom is 0.259 e. The average molecular weight is 364 g/mol.